The second kappa shape index (κ2) is 4.71. The molecule has 1 aromatic carbocycles. The lowest BCUT2D eigenvalue weighted by molar-refractivity contribution is 0.218. The van der Waals surface area contributed by atoms with Crippen molar-refractivity contribution < 1.29 is 9.18 Å². The van der Waals surface area contributed by atoms with Gasteiger partial charge in [-0.3, -0.25) is 0 Å². The highest BCUT2D eigenvalue weighted by molar-refractivity contribution is 5.77. The number of urea groups is 1. The van der Waals surface area contributed by atoms with Crippen molar-refractivity contribution in [2.24, 2.45) is 5.73 Å². The van der Waals surface area contributed by atoms with Gasteiger partial charge in [-0.25, -0.2) is 9.18 Å². The molecule has 0 aromatic heterocycles. The highest BCUT2D eigenvalue weighted by atomic mass is 19.1. The SMILES string of the molecule is Cc1cc(C2CN(CCN)C(=O)N2)ccc1F. The van der Waals surface area contributed by atoms with Gasteiger partial charge in [-0.1, -0.05) is 12.1 Å². The molecular weight excluding hydrogens is 221 g/mol. The monoisotopic (exact) mass is 237 g/mol. The summed E-state index contributed by atoms with van der Waals surface area (Å²) in [6, 6.07) is 4.73. The minimum Gasteiger partial charge on any atom is -0.329 e. The van der Waals surface area contributed by atoms with Gasteiger partial charge in [-0.15, -0.1) is 0 Å². The van der Waals surface area contributed by atoms with Crippen molar-refractivity contribution >= 4 is 6.03 Å². The molecule has 92 valence electrons. The molecule has 1 heterocycles. The molecule has 0 spiro atoms. The first-order valence-corrected chi connectivity index (χ1v) is 5.63. The lowest BCUT2D eigenvalue weighted by Crippen LogP contribution is -2.32. The van der Waals surface area contributed by atoms with Crippen LogP contribution in [0.25, 0.3) is 0 Å². The van der Waals surface area contributed by atoms with Crippen molar-refractivity contribution in [3.8, 4) is 0 Å². The van der Waals surface area contributed by atoms with Gasteiger partial charge in [0.25, 0.3) is 0 Å². The van der Waals surface area contributed by atoms with Crippen LogP contribution < -0.4 is 11.1 Å². The first kappa shape index (κ1) is 11.9. The van der Waals surface area contributed by atoms with E-state index in [9.17, 15) is 9.18 Å². The average Bonchev–Trinajstić information content (AvgIpc) is 2.65. The Balaban J connectivity index is 2.14. The summed E-state index contributed by atoms with van der Waals surface area (Å²) in [7, 11) is 0. The lowest BCUT2D eigenvalue weighted by atomic mass is 10.0. The van der Waals surface area contributed by atoms with Crippen LogP contribution in [0.4, 0.5) is 9.18 Å². The zero-order valence-electron chi connectivity index (χ0n) is 9.74. The third-order valence-corrected chi connectivity index (χ3v) is 2.97. The number of nitrogens with zero attached hydrogens (tertiary/aromatic N) is 1. The summed E-state index contributed by atoms with van der Waals surface area (Å²) < 4.78 is 13.1. The summed E-state index contributed by atoms with van der Waals surface area (Å²) in [5, 5.41) is 2.86. The van der Waals surface area contributed by atoms with E-state index in [0.29, 0.717) is 25.2 Å². The van der Waals surface area contributed by atoms with Crippen LogP contribution in [0.5, 0.6) is 0 Å². The molecule has 1 aliphatic heterocycles. The molecule has 1 aliphatic rings. The Morgan fingerprint density at radius 3 is 3.00 bits per heavy atom. The van der Waals surface area contributed by atoms with Gasteiger partial charge in [0, 0.05) is 19.6 Å². The molecule has 0 bridgehead atoms. The van der Waals surface area contributed by atoms with Gasteiger partial charge >= 0.3 is 6.03 Å². The number of hydrogen-bond acceptors (Lipinski definition) is 2. The van der Waals surface area contributed by atoms with E-state index in [0.717, 1.165) is 5.56 Å². The van der Waals surface area contributed by atoms with Crippen molar-refractivity contribution in [3.05, 3.63) is 35.1 Å². The number of nitrogens with one attached hydrogen (secondary N) is 1. The fraction of sp³-hybridized carbons (Fsp3) is 0.417. The zero-order chi connectivity index (χ0) is 12.4. The second-order valence-electron chi connectivity index (χ2n) is 4.25. The van der Waals surface area contributed by atoms with E-state index in [1.807, 2.05) is 0 Å². The molecule has 17 heavy (non-hydrogen) atoms. The molecule has 2 amide bonds. The summed E-state index contributed by atoms with van der Waals surface area (Å²) in [5.41, 5.74) is 6.95. The minimum absolute atomic E-state index is 0.0756. The van der Waals surface area contributed by atoms with E-state index in [1.165, 1.54) is 6.07 Å². The van der Waals surface area contributed by atoms with E-state index >= 15 is 0 Å². The Hall–Kier alpha value is -1.62. The Labute approximate surface area is 99.6 Å². The normalized spacial score (nSPS) is 19.6. The number of hydrogen-bond donors (Lipinski definition) is 2. The number of amides is 2. The Kier molecular flexibility index (Phi) is 3.28. The molecule has 1 aromatic rings. The molecule has 0 aliphatic carbocycles. The third-order valence-electron chi connectivity index (χ3n) is 2.97. The van der Waals surface area contributed by atoms with E-state index < -0.39 is 0 Å². The maximum atomic E-state index is 13.1. The Morgan fingerprint density at radius 1 is 1.59 bits per heavy atom. The van der Waals surface area contributed by atoms with Crippen LogP contribution in [0, 0.1) is 12.7 Å². The molecule has 0 saturated carbocycles. The van der Waals surface area contributed by atoms with Gasteiger partial charge in [0.15, 0.2) is 0 Å². The van der Waals surface area contributed by atoms with Crippen molar-refractivity contribution in [2.45, 2.75) is 13.0 Å². The van der Waals surface area contributed by atoms with Crippen molar-refractivity contribution in [3.63, 3.8) is 0 Å². The van der Waals surface area contributed by atoms with Gasteiger partial charge in [-0.2, -0.15) is 0 Å². The smallest absolute Gasteiger partial charge is 0.318 e. The van der Waals surface area contributed by atoms with Crippen molar-refractivity contribution in [1.29, 1.82) is 0 Å². The van der Waals surface area contributed by atoms with Gasteiger partial charge in [0.1, 0.15) is 5.82 Å². The number of aryl methyl sites for hydroxylation is 1. The summed E-state index contributed by atoms with van der Waals surface area (Å²) >= 11 is 0. The van der Waals surface area contributed by atoms with Gasteiger partial charge in [0.05, 0.1) is 6.04 Å². The molecular formula is C12H16FN3O. The van der Waals surface area contributed by atoms with Gasteiger partial charge in [-0.05, 0) is 24.1 Å². The van der Waals surface area contributed by atoms with Crippen LogP contribution in [0.2, 0.25) is 0 Å². The Bertz CT molecular complexity index is 436. The molecule has 0 radical (unpaired) electrons. The maximum absolute atomic E-state index is 13.1. The molecule has 5 heteroatoms. The van der Waals surface area contributed by atoms with Crippen LogP contribution in [0.15, 0.2) is 18.2 Å². The van der Waals surface area contributed by atoms with Crippen molar-refractivity contribution in [2.75, 3.05) is 19.6 Å². The van der Waals surface area contributed by atoms with E-state index in [-0.39, 0.29) is 17.9 Å². The van der Waals surface area contributed by atoms with E-state index in [1.54, 1.807) is 24.0 Å². The number of benzene rings is 1. The van der Waals surface area contributed by atoms with Crippen LogP contribution >= 0.6 is 0 Å². The number of halogens is 1. The summed E-state index contributed by atoms with van der Waals surface area (Å²) in [6.07, 6.45) is 0. The van der Waals surface area contributed by atoms with Gasteiger partial charge in [0.2, 0.25) is 0 Å². The van der Waals surface area contributed by atoms with Crippen LogP contribution in [-0.4, -0.2) is 30.6 Å². The molecule has 2 rings (SSSR count). The van der Waals surface area contributed by atoms with E-state index in [2.05, 4.69) is 5.32 Å². The second-order valence-corrected chi connectivity index (χ2v) is 4.25. The third kappa shape index (κ3) is 2.39. The zero-order valence-corrected chi connectivity index (χ0v) is 9.74. The van der Waals surface area contributed by atoms with Crippen LogP contribution in [0.3, 0.4) is 0 Å². The fourth-order valence-corrected chi connectivity index (χ4v) is 2.01. The first-order valence-electron chi connectivity index (χ1n) is 5.63. The highest BCUT2D eigenvalue weighted by Gasteiger charge is 2.29. The molecule has 1 saturated heterocycles. The fourth-order valence-electron chi connectivity index (χ4n) is 2.01. The predicted octanol–water partition coefficient (Wildman–Crippen LogP) is 1.16. The summed E-state index contributed by atoms with van der Waals surface area (Å²) in [4.78, 5) is 13.3. The number of carbonyl (C=O) groups is 1. The summed E-state index contributed by atoms with van der Waals surface area (Å²) in [5.74, 6) is -0.225. The average molecular weight is 237 g/mol. The molecule has 4 nitrogen and oxygen atoms in total. The standard InChI is InChI=1S/C12H16FN3O/c1-8-6-9(2-3-10(8)13)11-7-16(5-4-14)12(17)15-11/h2-3,6,11H,4-5,7,14H2,1H3,(H,15,17). The summed E-state index contributed by atoms with van der Waals surface area (Å²) in [6.45, 7) is 3.29. The van der Waals surface area contributed by atoms with E-state index in [4.69, 9.17) is 5.73 Å². The molecule has 1 fully saturated rings. The minimum atomic E-state index is -0.225. The molecule has 3 N–H and O–H groups in total. The topological polar surface area (TPSA) is 58.4 Å². The molecule has 1 atom stereocenters. The largest absolute Gasteiger partial charge is 0.329 e. The highest BCUT2D eigenvalue weighted by Crippen LogP contribution is 2.21. The number of carbonyl (C=O) groups excluding carboxylic acids is 1. The van der Waals surface area contributed by atoms with Gasteiger partial charge < -0.3 is 16.0 Å². The Morgan fingerprint density at radius 2 is 2.35 bits per heavy atom. The lowest BCUT2D eigenvalue weighted by Gasteiger charge is -2.13. The predicted molar refractivity (Wildman–Crippen MR) is 63.0 cm³/mol. The maximum Gasteiger partial charge on any atom is 0.318 e. The quantitative estimate of drug-likeness (QED) is 0.828. The molecule has 1 unspecified atom stereocenters. The van der Waals surface area contributed by atoms with Crippen LogP contribution in [0.1, 0.15) is 17.2 Å². The number of nitrogens with two attached hydrogens (primary N) is 1. The first-order chi connectivity index (χ1) is 8.11. The van der Waals surface area contributed by atoms with Crippen molar-refractivity contribution in [1.82, 2.24) is 10.2 Å². The van der Waals surface area contributed by atoms with Crippen LogP contribution in [-0.2, 0) is 0 Å². The number of rotatable bonds is 3.